The number of rotatable bonds is 8. The highest BCUT2D eigenvalue weighted by Crippen LogP contribution is 2.30. The number of halogens is 2. The average Bonchev–Trinajstić information content (AvgIpc) is 2.74. The Bertz CT molecular complexity index is 737. The number of piperidine rings is 3. The molecule has 2 aromatic rings. The molecule has 2 bridgehead atoms. The van der Waals surface area contributed by atoms with Gasteiger partial charge in [0.2, 0.25) is 0 Å². The fraction of sp³-hybridized carbons (Fsp3) is 0.478. The fourth-order valence-electron chi connectivity index (χ4n) is 4.31. The summed E-state index contributed by atoms with van der Waals surface area (Å²) in [5, 5.41) is 3.77. The Morgan fingerprint density at radius 1 is 0.966 bits per heavy atom. The Morgan fingerprint density at radius 3 is 2.38 bits per heavy atom. The summed E-state index contributed by atoms with van der Waals surface area (Å²) in [6.45, 7) is 5.30. The standard InChI is InChI=1S/C23H30N2O2.2ClH/c1-26-23-15-19(16-24-21-17-25-12-9-20(21)10-13-25)7-8-22(23)27-14-11-18-5-3-2-4-6-18;;/h2-8,15,20-21,24H,9-14,16-17H2,1H3;2*1H. The molecule has 160 valence electrons. The van der Waals surface area contributed by atoms with Gasteiger partial charge >= 0.3 is 0 Å². The second kappa shape index (κ2) is 11.7. The van der Waals surface area contributed by atoms with Crippen LogP contribution in [0.15, 0.2) is 48.5 Å². The predicted molar refractivity (Wildman–Crippen MR) is 123 cm³/mol. The SMILES string of the molecule is COc1cc(CNC2CN3CCC2CC3)ccc1OCCc1ccccc1.Cl.Cl. The first-order valence-corrected chi connectivity index (χ1v) is 10.1. The maximum atomic E-state index is 5.97. The van der Waals surface area contributed by atoms with Crippen LogP contribution >= 0.6 is 24.8 Å². The van der Waals surface area contributed by atoms with Crippen LogP contribution < -0.4 is 14.8 Å². The first kappa shape index (κ1) is 23.8. The van der Waals surface area contributed by atoms with E-state index in [4.69, 9.17) is 9.47 Å². The van der Waals surface area contributed by atoms with Crippen LogP contribution in [0.4, 0.5) is 0 Å². The lowest BCUT2D eigenvalue weighted by molar-refractivity contribution is 0.0720. The quantitative estimate of drug-likeness (QED) is 0.664. The molecule has 0 spiro atoms. The second-order valence-corrected chi connectivity index (χ2v) is 7.69. The van der Waals surface area contributed by atoms with Gasteiger partial charge in [-0.05, 0) is 55.1 Å². The highest BCUT2D eigenvalue weighted by Gasteiger charge is 2.33. The van der Waals surface area contributed by atoms with E-state index in [1.165, 1.54) is 43.6 Å². The van der Waals surface area contributed by atoms with Crippen molar-refractivity contribution in [2.24, 2.45) is 5.92 Å². The molecule has 1 atom stereocenters. The number of methoxy groups -OCH3 is 1. The number of hydrogen-bond donors (Lipinski definition) is 1. The molecule has 3 aliphatic rings. The summed E-state index contributed by atoms with van der Waals surface area (Å²) in [6.07, 6.45) is 3.58. The number of fused-ring (bicyclic) bond motifs is 3. The summed E-state index contributed by atoms with van der Waals surface area (Å²) in [6, 6.07) is 17.3. The number of nitrogens with one attached hydrogen (secondary N) is 1. The minimum atomic E-state index is 0. The van der Waals surface area contributed by atoms with Crippen molar-refractivity contribution in [2.45, 2.75) is 31.8 Å². The molecule has 5 rings (SSSR count). The maximum absolute atomic E-state index is 5.97. The molecule has 0 saturated carbocycles. The largest absolute Gasteiger partial charge is 0.493 e. The Morgan fingerprint density at radius 2 is 1.72 bits per heavy atom. The van der Waals surface area contributed by atoms with E-state index >= 15 is 0 Å². The van der Waals surface area contributed by atoms with Crippen LogP contribution in [-0.2, 0) is 13.0 Å². The number of ether oxygens (including phenoxy) is 2. The number of benzene rings is 2. The van der Waals surface area contributed by atoms with Crippen LogP contribution in [0.3, 0.4) is 0 Å². The molecule has 29 heavy (non-hydrogen) atoms. The van der Waals surface area contributed by atoms with E-state index in [0.717, 1.165) is 30.4 Å². The van der Waals surface area contributed by atoms with Crippen molar-refractivity contribution in [1.29, 1.82) is 0 Å². The van der Waals surface area contributed by atoms with Gasteiger partial charge in [-0.1, -0.05) is 36.4 Å². The molecule has 1 N–H and O–H groups in total. The van der Waals surface area contributed by atoms with Gasteiger partial charge in [0.05, 0.1) is 13.7 Å². The molecular weight excluding hydrogens is 407 g/mol. The molecule has 3 heterocycles. The van der Waals surface area contributed by atoms with E-state index in [2.05, 4.69) is 46.6 Å². The Labute approximate surface area is 186 Å². The molecule has 2 aromatic carbocycles. The highest BCUT2D eigenvalue weighted by molar-refractivity contribution is 5.85. The van der Waals surface area contributed by atoms with Gasteiger partial charge in [-0.2, -0.15) is 0 Å². The zero-order valence-corrected chi connectivity index (χ0v) is 18.6. The van der Waals surface area contributed by atoms with Crippen molar-refractivity contribution in [3.63, 3.8) is 0 Å². The average molecular weight is 439 g/mol. The lowest BCUT2D eigenvalue weighted by Gasteiger charge is -2.45. The first-order valence-electron chi connectivity index (χ1n) is 10.1. The molecule has 6 heteroatoms. The monoisotopic (exact) mass is 438 g/mol. The van der Waals surface area contributed by atoms with Gasteiger partial charge in [0.15, 0.2) is 11.5 Å². The van der Waals surface area contributed by atoms with Crippen molar-refractivity contribution < 1.29 is 9.47 Å². The topological polar surface area (TPSA) is 33.7 Å². The molecule has 4 nitrogen and oxygen atoms in total. The molecule has 1 unspecified atom stereocenters. The van der Waals surface area contributed by atoms with Gasteiger partial charge in [0, 0.05) is 25.6 Å². The van der Waals surface area contributed by atoms with Gasteiger partial charge in [0.25, 0.3) is 0 Å². The normalized spacial score (nSPS) is 22.3. The van der Waals surface area contributed by atoms with E-state index in [1.807, 2.05) is 12.1 Å². The Balaban J connectivity index is 0.00000150. The molecule has 0 amide bonds. The van der Waals surface area contributed by atoms with Crippen LogP contribution in [0, 0.1) is 5.92 Å². The van der Waals surface area contributed by atoms with Gasteiger partial charge in [0.1, 0.15) is 0 Å². The van der Waals surface area contributed by atoms with Crippen LogP contribution in [0.2, 0.25) is 0 Å². The van der Waals surface area contributed by atoms with E-state index < -0.39 is 0 Å². The van der Waals surface area contributed by atoms with Gasteiger partial charge < -0.3 is 19.7 Å². The summed E-state index contributed by atoms with van der Waals surface area (Å²) in [5.74, 6) is 2.48. The smallest absolute Gasteiger partial charge is 0.161 e. The van der Waals surface area contributed by atoms with Crippen molar-refractivity contribution in [2.75, 3.05) is 33.4 Å². The molecule has 0 radical (unpaired) electrons. The maximum Gasteiger partial charge on any atom is 0.161 e. The Hall–Kier alpha value is -1.46. The minimum absolute atomic E-state index is 0. The van der Waals surface area contributed by atoms with Crippen molar-refractivity contribution >= 4 is 24.8 Å². The van der Waals surface area contributed by atoms with Crippen molar-refractivity contribution in [3.05, 3.63) is 59.7 Å². The highest BCUT2D eigenvalue weighted by atomic mass is 35.5. The third-order valence-electron chi connectivity index (χ3n) is 5.94. The molecule has 3 saturated heterocycles. The van der Waals surface area contributed by atoms with E-state index in [1.54, 1.807) is 7.11 Å². The van der Waals surface area contributed by atoms with Crippen LogP contribution in [0.1, 0.15) is 24.0 Å². The van der Waals surface area contributed by atoms with Gasteiger partial charge in [-0.25, -0.2) is 0 Å². The van der Waals surface area contributed by atoms with Crippen LogP contribution in [-0.4, -0.2) is 44.3 Å². The lowest BCUT2D eigenvalue weighted by atomic mass is 9.84. The van der Waals surface area contributed by atoms with Crippen LogP contribution in [0.5, 0.6) is 11.5 Å². The van der Waals surface area contributed by atoms with Gasteiger partial charge in [-0.3, -0.25) is 0 Å². The second-order valence-electron chi connectivity index (χ2n) is 7.69. The zero-order chi connectivity index (χ0) is 18.5. The summed E-state index contributed by atoms with van der Waals surface area (Å²) < 4.78 is 11.5. The zero-order valence-electron chi connectivity index (χ0n) is 17.0. The molecule has 3 aliphatic heterocycles. The van der Waals surface area contributed by atoms with Gasteiger partial charge in [-0.15, -0.1) is 24.8 Å². The van der Waals surface area contributed by atoms with Crippen LogP contribution in [0.25, 0.3) is 0 Å². The first-order chi connectivity index (χ1) is 13.3. The summed E-state index contributed by atoms with van der Waals surface area (Å²) in [7, 11) is 1.71. The Kier molecular flexibility index (Phi) is 9.57. The fourth-order valence-corrected chi connectivity index (χ4v) is 4.31. The predicted octanol–water partition coefficient (Wildman–Crippen LogP) is 4.34. The molecule has 0 aliphatic carbocycles. The summed E-state index contributed by atoms with van der Waals surface area (Å²) in [4.78, 5) is 2.59. The number of nitrogens with zero attached hydrogens (tertiary/aromatic N) is 1. The van der Waals surface area contributed by atoms with E-state index in [0.29, 0.717) is 12.6 Å². The third kappa shape index (κ3) is 6.26. The summed E-state index contributed by atoms with van der Waals surface area (Å²) >= 11 is 0. The lowest BCUT2D eigenvalue weighted by Crippen LogP contribution is -2.55. The molecule has 0 aromatic heterocycles. The third-order valence-corrected chi connectivity index (χ3v) is 5.94. The van der Waals surface area contributed by atoms with E-state index in [-0.39, 0.29) is 24.8 Å². The number of hydrogen-bond acceptors (Lipinski definition) is 4. The van der Waals surface area contributed by atoms with E-state index in [9.17, 15) is 0 Å². The molecular formula is C23H32Cl2N2O2. The van der Waals surface area contributed by atoms with Crippen molar-refractivity contribution in [1.82, 2.24) is 10.2 Å². The minimum Gasteiger partial charge on any atom is -0.493 e. The molecule has 3 fully saturated rings. The van der Waals surface area contributed by atoms with Crippen molar-refractivity contribution in [3.8, 4) is 11.5 Å². The summed E-state index contributed by atoms with van der Waals surface area (Å²) in [5.41, 5.74) is 2.54.